The van der Waals surface area contributed by atoms with E-state index in [4.69, 9.17) is 5.90 Å². The van der Waals surface area contributed by atoms with Gasteiger partial charge in [-0.25, -0.2) is 9.97 Å². The molecule has 0 aliphatic heterocycles. The van der Waals surface area contributed by atoms with Crippen LogP contribution >= 0.6 is 0 Å². The number of nitrogens with two attached hydrogens (primary N) is 2. The fourth-order valence-corrected chi connectivity index (χ4v) is 3.54. The maximum atomic E-state index is 12.0. The van der Waals surface area contributed by atoms with Gasteiger partial charge in [0.2, 0.25) is 6.41 Å². The Morgan fingerprint density at radius 3 is 2.55 bits per heavy atom. The minimum atomic E-state index is -4.37. The number of nitrogens with zero attached hydrogens (tertiary/aromatic N) is 3. The second kappa shape index (κ2) is 13.3. The predicted octanol–water partition coefficient (Wildman–Crippen LogP) is 1.89. The Morgan fingerprint density at radius 1 is 1.27 bits per heavy atom. The molecule has 0 bridgehead atoms. The van der Waals surface area contributed by atoms with Crippen LogP contribution in [0.15, 0.2) is 49.1 Å². The van der Waals surface area contributed by atoms with E-state index in [1.165, 1.54) is 37.3 Å². The molecule has 0 spiro atoms. The number of halogens is 3. The summed E-state index contributed by atoms with van der Waals surface area (Å²) in [6.45, 7) is 0.964. The van der Waals surface area contributed by atoms with Crippen molar-refractivity contribution in [3.8, 4) is 0 Å². The first-order valence-corrected chi connectivity index (χ1v) is 10.4. The van der Waals surface area contributed by atoms with Gasteiger partial charge in [0.15, 0.2) is 6.20 Å². The van der Waals surface area contributed by atoms with Crippen molar-refractivity contribution < 1.29 is 28.1 Å². The number of carbonyl (C=O) groups is 1. The summed E-state index contributed by atoms with van der Waals surface area (Å²) in [5.74, 6) is 6.55. The summed E-state index contributed by atoms with van der Waals surface area (Å²) in [6.07, 6.45) is 9.11. The quantitative estimate of drug-likeness (QED) is 0.264. The van der Waals surface area contributed by atoms with Crippen LogP contribution < -0.4 is 21.8 Å². The van der Waals surface area contributed by atoms with Gasteiger partial charge in [0.1, 0.15) is 12.0 Å². The molecule has 2 aromatic heterocycles. The van der Waals surface area contributed by atoms with Gasteiger partial charge in [0, 0.05) is 37.2 Å². The van der Waals surface area contributed by atoms with Gasteiger partial charge in [-0.1, -0.05) is 0 Å². The van der Waals surface area contributed by atoms with Gasteiger partial charge >= 0.3 is 6.18 Å². The van der Waals surface area contributed by atoms with Gasteiger partial charge in [0.25, 0.3) is 5.88 Å². The Labute approximate surface area is 190 Å². The molecule has 1 amide bonds. The average Bonchev–Trinajstić information content (AvgIpc) is 2.84. The van der Waals surface area contributed by atoms with Crippen molar-refractivity contribution in [2.75, 3.05) is 18.9 Å². The Hall–Kier alpha value is -3.25. The molecule has 0 atom stereocenters. The highest BCUT2D eigenvalue weighted by atomic mass is 19.4. The van der Waals surface area contributed by atoms with Crippen molar-refractivity contribution in [3.05, 3.63) is 60.4 Å². The first-order valence-electron chi connectivity index (χ1n) is 10.4. The molecule has 0 radical (unpaired) electrons. The minimum absolute atomic E-state index is 0.264. The summed E-state index contributed by atoms with van der Waals surface area (Å²) >= 11 is 0. The number of rotatable bonds is 8. The molecule has 2 aromatic rings. The van der Waals surface area contributed by atoms with E-state index in [0.717, 1.165) is 18.8 Å². The van der Waals surface area contributed by atoms with Crippen LogP contribution in [0.25, 0.3) is 0 Å². The lowest BCUT2D eigenvalue weighted by Gasteiger charge is -2.27. The van der Waals surface area contributed by atoms with Crippen LogP contribution in [0.1, 0.15) is 42.9 Å². The molecule has 0 saturated heterocycles. The van der Waals surface area contributed by atoms with Crippen LogP contribution in [-0.2, 0) is 15.8 Å². The van der Waals surface area contributed by atoms with Crippen LogP contribution in [0.5, 0.6) is 0 Å². The molecular formula is C21H29F3N7O2+. The summed E-state index contributed by atoms with van der Waals surface area (Å²) in [6, 6.07) is 2.43. The van der Waals surface area contributed by atoms with Crippen molar-refractivity contribution >= 4 is 12.1 Å². The van der Waals surface area contributed by atoms with E-state index in [-0.39, 0.29) is 5.88 Å². The maximum Gasteiger partial charge on any atom is 0.433 e. The molecule has 0 unspecified atom stereocenters. The number of hydrogen-bond donors (Lipinski definition) is 4. The van der Waals surface area contributed by atoms with Crippen LogP contribution in [0.3, 0.4) is 0 Å². The number of quaternary nitrogens is 1. The van der Waals surface area contributed by atoms with Crippen LogP contribution in [0.4, 0.5) is 18.9 Å². The van der Waals surface area contributed by atoms with Crippen molar-refractivity contribution in [2.45, 2.75) is 37.8 Å². The zero-order valence-corrected chi connectivity index (χ0v) is 18.3. The molecule has 9 nitrogen and oxygen atoms in total. The Balaban J connectivity index is 0.000000273. The fraction of sp³-hybridized carbons (Fsp3) is 0.429. The number of aromatic nitrogens is 3. The highest BCUT2D eigenvalue weighted by Gasteiger charge is 2.32. The number of alkyl halides is 3. The second-order valence-electron chi connectivity index (χ2n) is 7.45. The van der Waals surface area contributed by atoms with E-state index in [1.54, 1.807) is 19.6 Å². The van der Waals surface area contributed by atoms with Crippen molar-refractivity contribution in [2.24, 2.45) is 11.8 Å². The summed E-state index contributed by atoms with van der Waals surface area (Å²) < 4.78 is 36.0. The Kier molecular flexibility index (Phi) is 10.5. The highest BCUT2D eigenvalue weighted by Crippen LogP contribution is 2.34. The molecule has 1 aliphatic rings. The number of amides is 1. The normalized spacial score (nSPS) is 18.5. The molecule has 2 heterocycles. The van der Waals surface area contributed by atoms with Crippen molar-refractivity contribution in [1.82, 2.24) is 20.3 Å². The predicted molar refractivity (Wildman–Crippen MR) is 115 cm³/mol. The van der Waals surface area contributed by atoms with Crippen molar-refractivity contribution in [1.29, 1.82) is 0 Å². The molecule has 3 rings (SSSR count). The molecular weight excluding hydrogens is 439 g/mol. The lowest BCUT2D eigenvalue weighted by molar-refractivity contribution is -0.597. The van der Waals surface area contributed by atoms with Gasteiger partial charge in [-0.3, -0.25) is 15.1 Å². The lowest BCUT2D eigenvalue weighted by Crippen LogP contribution is -2.80. The van der Waals surface area contributed by atoms with Crippen LogP contribution in [0.2, 0.25) is 0 Å². The summed E-state index contributed by atoms with van der Waals surface area (Å²) in [7, 11) is 1.55. The maximum absolute atomic E-state index is 12.0. The highest BCUT2D eigenvalue weighted by molar-refractivity contribution is 5.48. The number of anilines is 1. The molecule has 1 aliphatic carbocycles. The first kappa shape index (κ1) is 26.0. The summed E-state index contributed by atoms with van der Waals surface area (Å²) in [5, 5.41) is 6.98. The van der Waals surface area contributed by atoms with E-state index >= 15 is 0 Å². The third kappa shape index (κ3) is 9.02. The van der Waals surface area contributed by atoms with E-state index in [2.05, 4.69) is 30.4 Å². The third-order valence-electron chi connectivity index (χ3n) is 5.30. The summed E-state index contributed by atoms with van der Waals surface area (Å²) in [4.78, 5) is 26.2. The Morgan fingerprint density at radius 2 is 1.97 bits per heavy atom. The summed E-state index contributed by atoms with van der Waals surface area (Å²) in [5.41, 5.74) is 0.764. The monoisotopic (exact) mass is 468 g/mol. The fourth-order valence-electron chi connectivity index (χ4n) is 3.54. The van der Waals surface area contributed by atoms with E-state index < -0.39 is 11.9 Å². The van der Waals surface area contributed by atoms with Crippen LogP contribution in [0, 0.1) is 5.92 Å². The molecule has 12 heteroatoms. The smallest absolute Gasteiger partial charge is 0.388 e. The largest absolute Gasteiger partial charge is 0.433 e. The topological polar surface area (TPSA) is 132 Å². The van der Waals surface area contributed by atoms with Gasteiger partial charge in [-0.2, -0.15) is 19.1 Å². The zero-order chi connectivity index (χ0) is 24.1. The van der Waals surface area contributed by atoms with Crippen LogP contribution in [-0.4, -0.2) is 35.0 Å². The standard InChI is InChI=1S/C14H21N5O2.C7H7F3N2/c15-21-14(19-10-20)8-16-5-11-1-3-12(4-2-11)13-6-17-9-18-7-13;1-11-5-2-3-12-6(4-5)7(8,9)10/h6-12,16H,1-5,15H2,(H,19,20);2-4H,1H3,(H,11,12)/p+1/b14-8-;. The first-order chi connectivity index (χ1) is 15.9. The molecule has 180 valence electrons. The average molecular weight is 469 g/mol. The minimum Gasteiger partial charge on any atom is -0.388 e. The number of hydrogen-bond acceptors (Lipinski definition) is 7. The molecule has 1 saturated carbocycles. The zero-order valence-electron chi connectivity index (χ0n) is 18.3. The van der Waals surface area contributed by atoms with Gasteiger partial charge < -0.3 is 15.5 Å². The Bertz CT molecular complexity index is 874. The number of pyridine rings is 1. The third-order valence-corrected chi connectivity index (χ3v) is 5.30. The van der Waals surface area contributed by atoms with Gasteiger partial charge in [0.05, 0.1) is 6.54 Å². The SMILES string of the molecule is CNc1ccnc(C(F)(F)F)c1.NO/C(=C\[NH2+]CC1CCC(c2cncnc2)CC1)NC=O. The van der Waals surface area contributed by atoms with Gasteiger partial charge in [-0.05, 0) is 49.3 Å². The molecule has 0 aromatic carbocycles. The number of nitrogens with one attached hydrogen (secondary N) is 2. The molecule has 33 heavy (non-hydrogen) atoms. The van der Waals surface area contributed by atoms with Crippen molar-refractivity contribution in [3.63, 3.8) is 0 Å². The van der Waals surface area contributed by atoms with E-state index in [9.17, 15) is 18.0 Å². The molecule has 1 fully saturated rings. The molecule has 6 N–H and O–H groups in total. The second-order valence-corrected chi connectivity index (χ2v) is 7.45. The van der Waals surface area contributed by atoms with E-state index in [0.29, 0.717) is 23.9 Å². The van der Waals surface area contributed by atoms with E-state index in [1.807, 2.05) is 17.7 Å². The lowest BCUT2D eigenvalue weighted by atomic mass is 9.79. The number of carbonyl (C=O) groups excluding carboxylic acids is 1. The van der Waals surface area contributed by atoms with Gasteiger partial charge in [-0.15, -0.1) is 0 Å².